The van der Waals surface area contributed by atoms with E-state index in [1.807, 2.05) is 0 Å². The number of rotatable bonds is 2. The summed E-state index contributed by atoms with van der Waals surface area (Å²) < 4.78 is 1.52. The molecule has 92 valence electrons. The zero-order valence-electron chi connectivity index (χ0n) is 10.2. The SMILES string of the molecule is Cn1ncc(CN2C(=O)CC(C)(C)C2=O)c1N. The van der Waals surface area contributed by atoms with Gasteiger partial charge in [0.1, 0.15) is 5.82 Å². The highest BCUT2D eigenvalue weighted by Crippen LogP contribution is 2.32. The van der Waals surface area contributed by atoms with Gasteiger partial charge in [-0.15, -0.1) is 0 Å². The number of imide groups is 1. The number of anilines is 1. The van der Waals surface area contributed by atoms with E-state index < -0.39 is 5.41 Å². The Morgan fingerprint density at radius 1 is 1.47 bits per heavy atom. The van der Waals surface area contributed by atoms with Crippen molar-refractivity contribution >= 4 is 17.6 Å². The first-order valence-corrected chi connectivity index (χ1v) is 5.44. The average molecular weight is 236 g/mol. The predicted molar refractivity (Wildman–Crippen MR) is 61.6 cm³/mol. The molecule has 1 aromatic heterocycles. The van der Waals surface area contributed by atoms with Gasteiger partial charge < -0.3 is 5.73 Å². The van der Waals surface area contributed by atoms with Crippen LogP contribution in [0.15, 0.2) is 6.20 Å². The Hall–Kier alpha value is -1.85. The van der Waals surface area contributed by atoms with E-state index in [4.69, 9.17) is 5.73 Å². The van der Waals surface area contributed by atoms with Crippen molar-refractivity contribution in [2.45, 2.75) is 26.8 Å². The van der Waals surface area contributed by atoms with Gasteiger partial charge in [-0.3, -0.25) is 19.2 Å². The first-order chi connectivity index (χ1) is 7.83. The van der Waals surface area contributed by atoms with Gasteiger partial charge in [0.2, 0.25) is 11.8 Å². The Bertz CT molecular complexity index is 490. The fraction of sp³-hybridized carbons (Fsp3) is 0.545. The van der Waals surface area contributed by atoms with Crippen LogP contribution in [0.2, 0.25) is 0 Å². The highest BCUT2D eigenvalue weighted by Gasteiger charge is 2.44. The van der Waals surface area contributed by atoms with Crippen LogP contribution in [0, 0.1) is 5.41 Å². The van der Waals surface area contributed by atoms with Crippen LogP contribution in [0.1, 0.15) is 25.8 Å². The second kappa shape index (κ2) is 3.58. The molecule has 1 aliphatic heterocycles. The van der Waals surface area contributed by atoms with Crippen molar-refractivity contribution in [3.8, 4) is 0 Å². The average Bonchev–Trinajstić information content (AvgIpc) is 2.63. The maximum atomic E-state index is 12.0. The van der Waals surface area contributed by atoms with Gasteiger partial charge in [0.15, 0.2) is 0 Å². The molecule has 0 spiro atoms. The van der Waals surface area contributed by atoms with E-state index in [0.717, 1.165) is 0 Å². The van der Waals surface area contributed by atoms with Gasteiger partial charge in [0, 0.05) is 19.0 Å². The lowest BCUT2D eigenvalue weighted by molar-refractivity contribution is -0.141. The number of nitrogens with zero attached hydrogens (tertiary/aromatic N) is 3. The lowest BCUT2D eigenvalue weighted by Crippen LogP contribution is -2.32. The number of aromatic nitrogens is 2. The lowest BCUT2D eigenvalue weighted by Gasteiger charge is -2.17. The Balaban J connectivity index is 2.23. The topological polar surface area (TPSA) is 81.2 Å². The van der Waals surface area contributed by atoms with Crippen molar-refractivity contribution in [3.05, 3.63) is 11.8 Å². The van der Waals surface area contributed by atoms with E-state index in [1.54, 1.807) is 27.1 Å². The number of hydrogen-bond donors (Lipinski definition) is 1. The third kappa shape index (κ3) is 1.79. The molecule has 1 aliphatic rings. The summed E-state index contributed by atoms with van der Waals surface area (Å²) in [5.74, 6) is 0.185. The van der Waals surface area contributed by atoms with E-state index in [2.05, 4.69) is 5.10 Å². The first kappa shape index (κ1) is 11.6. The maximum Gasteiger partial charge on any atom is 0.235 e. The number of carbonyl (C=O) groups excluding carboxylic acids is 2. The molecular weight excluding hydrogens is 220 g/mol. The molecule has 0 radical (unpaired) electrons. The molecule has 17 heavy (non-hydrogen) atoms. The van der Waals surface area contributed by atoms with Gasteiger partial charge in [-0.25, -0.2) is 0 Å². The summed E-state index contributed by atoms with van der Waals surface area (Å²) in [6.45, 7) is 3.76. The summed E-state index contributed by atoms with van der Waals surface area (Å²) in [4.78, 5) is 25.0. The third-order valence-corrected chi connectivity index (χ3v) is 3.11. The van der Waals surface area contributed by atoms with E-state index in [0.29, 0.717) is 11.4 Å². The molecule has 0 unspecified atom stereocenters. The fourth-order valence-electron chi connectivity index (χ4n) is 1.97. The van der Waals surface area contributed by atoms with Crippen molar-refractivity contribution in [1.29, 1.82) is 0 Å². The van der Waals surface area contributed by atoms with Crippen molar-refractivity contribution in [2.24, 2.45) is 12.5 Å². The van der Waals surface area contributed by atoms with Gasteiger partial charge in [0.05, 0.1) is 18.2 Å². The molecule has 2 rings (SSSR count). The zero-order chi connectivity index (χ0) is 12.8. The number of aryl methyl sites for hydroxylation is 1. The van der Waals surface area contributed by atoms with E-state index in [1.165, 1.54) is 9.58 Å². The normalized spacial score (nSPS) is 19.1. The smallest absolute Gasteiger partial charge is 0.235 e. The lowest BCUT2D eigenvalue weighted by atomic mass is 9.92. The Labute approximate surface area is 99.4 Å². The predicted octanol–water partition coefficient (Wildman–Crippen LogP) is 0.287. The molecule has 6 heteroatoms. The molecule has 2 heterocycles. The van der Waals surface area contributed by atoms with Gasteiger partial charge in [-0.2, -0.15) is 5.10 Å². The monoisotopic (exact) mass is 236 g/mol. The number of likely N-dealkylation sites (tertiary alicyclic amines) is 1. The van der Waals surface area contributed by atoms with Crippen LogP contribution in [0.5, 0.6) is 0 Å². The second-order valence-corrected chi connectivity index (χ2v) is 5.02. The Morgan fingerprint density at radius 2 is 2.12 bits per heavy atom. The van der Waals surface area contributed by atoms with Crippen molar-refractivity contribution in [3.63, 3.8) is 0 Å². The molecule has 6 nitrogen and oxygen atoms in total. The summed E-state index contributed by atoms with van der Waals surface area (Å²) in [6.07, 6.45) is 1.84. The van der Waals surface area contributed by atoms with Crippen LogP contribution in [0.25, 0.3) is 0 Å². The first-order valence-electron chi connectivity index (χ1n) is 5.44. The Kier molecular flexibility index (Phi) is 2.45. The molecule has 1 saturated heterocycles. The molecule has 2 amide bonds. The maximum absolute atomic E-state index is 12.0. The van der Waals surface area contributed by atoms with E-state index in [9.17, 15) is 9.59 Å². The minimum atomic E-state index is -0.603. The standard InChI is InChI=1S/C11H16N4O2/c1-11(2)4-8(16)15(10(11)17)6-7-5-13-14(3)9(7)12/h5H,4,6,12H2,1-3H3. The molecule has 1 aromatic rings. The van der Waals surface area contributed by atoms with Gasteiger partial charge >= 0.3 is 0 Å². The highest BCUT2D eigenvalue weighted by atomic mass is 16.2. The third-order valence-electron chi connectivity index (χ3n) is 3.11. The number of carbonyl (C=O) groups is 2. The van der Waals surface area contributed by atoms with Crippen LogP contribution >= 0.6 is 0 Å². The molecule has 0 saturated carbocycles. The van der Waals surface area contributed by atoms with Crippen molar-refractivity contribution < 1.29 is 9.59 Å². The number of amides is 2. The van der Waals surface area contributed by atoms with Crippen molar-refractivity contribution in [2.75, 3.05) is 5.73 Å². The molecule has 0 aromatic carbocycles. The van der Waals surface area contributed by atoms with Gasteiger partial charge in [-0.05, 0) is 0 Å². The zero-order valence-corrected chi connectivity index (χ0v) is 10.2. The summed E-state index contributed by atoms with van der Waals surface area (Å²) in [5, 5.41) is 3.99. The number of hydrogen-bond acceptors (Lipinski definition) is 4. The summed E-state index contributed by atoms with van der Waals surface area (Å²) >= 11 is 0. The molecule has 0 bridgehead atoms. The summed E-state index contributed by atoms with van der Waals surface area (Å²) in [6, 6.07) is 0. The fourth-order valence-corrected chi connectivity index (χ4v) is 1.97. The molecule has 0 aliphatic carbocycles. The van der Waals surface area contributed by atoms with Crippen LogP contribution < -0.4 is 5.73 Å². The van der Waals surface area contributed by atoms with Crippen LogP contribution in [0.4, 0.5) is 5.82 Å². The van der Waals surface area contributed by atoms with Crippen molar-refractivity contribution in [1.82, 2.24) is 14.7 Å². The van der Waals surface area contributed by atoms with Gasteiger partial charge in [0.25, 0.3) is 0 Å². The highest BCUT2D eigenvalue weighted by molar-refractivity contribution is 6.05. The molecule has 0 atom stereocenters. The quantitative estimate of drug-likeness (QED) is 0.748. The van der Waals surface area contributed by atoms with Crippen LogP contribution in [0.3, 0.4) is 0 Å². The minimum Gasteiger partial charge on any atom is -0.384 e. The minimum absolute atomic E-state index is 0.147. The van der Waals surface area contributed by atoms with Crippen LogP contribution in [-0.2, 0) is 23.2 Å². The Morgan fingerprint density at radius 3 is 2.53 bits per heavy atom. The number of nitrogens with two attached hydrogens (primary N) is 1. The molecule has 1 fully saturated rings. The van der Waals surface area contributed by atoms with E-state index >= 15 is 0 Å². The molecule has 2 N–H and O–H groups in total. The van der Waals surface area contributed by atoms with Gasteiger partial charge in [-0.1, -0.05) is 13.8 Å². The number of nitrogen functional groups attached to an aromatic ring is 1. The largest absolute Gasteiger partial charge is 0.384 e. The van der Waals surface area contributed by atoms with E-state index in [-0.39, 0.29) is 24.8 Å². The molecular formula is C11H16N4O2. The summed E-state index contributed by atoms with van der Waals surface area (Å²) in [5.41, 5.74) is 5.89. The second-order valence-electron chi connectivity index (χ2n) is 5.02. The summed E-state index contributed by atoms with van der Waals surface area (Å²) in [7, 11) is 1.72. The van der Waals surface area contributed by atoms with Crippen LogP contribution in [-0.4, -0.2) is 26.5 Å².